The largest absolute Gasteiger partial charge is 0.493 e. The van der Waals surface area contributed by atoms with Gasteiger partial charge in [-0.15, -0.1) is 0 Å². The maximum atomic E-state index is 12.9. The van der Waals surface area contributed by atoms with Crippen LogP contribution < -0.4 is 10.1 Å². The van der Waals surface area contributed by atoms with Crippen molar-refractivity contribution in [2.75, 3.05) is 19.7 Å². The van der Waals surface area contributed by atoms with E-state index in [0.717, 1.165) is 31.5 Å². The summed E-state index contributed by atoms with van der Waals surface area (Å²) in [5.74, 6) is 0.243. The van der Waals surface area contributed by atoms with E-state index in [1.165, 1.54) is 0 Å². The molecule has 1 N–H and O–H groups in total. The number of carbonyl (C=O) groups excluding carboxylic acids is 1. The molecule has 1 saturated heterocycles. The molecule has 1 aliphatic rings. The second-order valence-corrected chi connectivity index (χ2v) is 5.93. The van der Waals surface area contributed by atoms with Crippen LogP contribution in [0.5, 0.6) is 5.75 Å². The highest BCUT2D eigenvalue weighted by Gasteiger charge is 2.38. The van der Waals surface area contributed by atoms with E-state index < -0.39 is 5.60 Å². The molecular weight excluding hydrogens is 302 g/mol. The molecule has 3 rings (SSSR count). The first-order valence-electron chi connectivity index (χ1n) is 8.46. The van der Waals surface area contributed by atoms with Crippen molar-refractivity contribution in [1.82, 2.24) is 5.32 Å². The quantitative estimate of drug-likeness (QED) is 0.855. The van der Waals surface area contributed by atoms with Crippen LogP contribution in [0.3, 0.4) is 0 Å². The first-order valence-corrected chi connectivity index (χ1v) is 8.46. The minimum absolute atomic E-state index is 0.329. The summed E-state index contributed by atoms with van der Waals surface area (Å²) in [7, 11) is 0. The molecular formula is C20H23NO3. The van der Waals surface area contributed by atoms with Crippen molar-refractivity contribution >= 4 is 5.97 Å². The number of hydrogen-bond donors (Lipinski definition) is 1. The van der Waals surface area contributed by atoms with Gasteiger partial charge in [-0.05, 0) is 37.7 Å². The van der Waals surface area contributed by atoms with E-state index in [1.54, 1.807) is 12.1 Å². The fraction of sp³-hybridized carbons (Fsp3) is 0.350. The molecule has 1 aliphatic heterocycles. The second kappa shape index (κ2) is 7.49. The van der Waals surface area contributed by atoms with E-state index in [9.17, 15) is 4.79 Å². The number of nitrogens with one attached hydrogen (secondary N) is 1. The van der Waals surface area contributed by atoms with Gasteiger partial charge in [-0.25, -0.2) is 4.79 Å². The zero-order chi connectivity index (χ0) is 16.8. The number of esters is 1. The smallest absolute Gasteiger partial charge is 0.342 e. The highest BCUT2D eigenvalue weighted by Crippen LogP contribution is 2.36. The van der Waals surface area contributed by atoms with Gasteiger partial charge in [0.05, 0.1) is 6.61 Å². The highest BCUT2D eigenvalue weighted by molar-refractivity contribution is 5.92. The number of ether oxygens (including phenoxy) is 2. The maximum absolute atomic E-state index is 12.9. The molecule has 0 spiro atoms. The normalized spacial score (nSPS) is 16.4. The Morgan fingerprint density at radius 2 is 1.71 bits per heavy atom. The Balaban J connectivity index is 1.90. The molecule has 2 aromatic carbocycles. The summed E-state index contributed by atoms with van der Waals surface area (Å²) < 4.78 is 11.7. The molecule has 0 unspecified atom stereocenters. The molecule has 4 heteroatoms. The van der Waals surface area contributed by atoms with Crippen LogP contribution in [0, 0.1) is 0 Å². The van der Waals surface area contributed by atoms with Crippen molar-refractivity contribution in [3.8, 4) is 5.75 Å². The average Bonchev–Trinajstić information content (AvgIpc) is 2.64. The van der Waals surface area contributed by atoms with Crippen LogP contribution in [0.15, 0.2) is 54.6 Å². The van der Waals surface area contributed by atoms with E-state index in [1.807, 2.05) is 49.4 Å². The van der Waals surface area contributed by atoms with E-state index in [-0.39, 0.29) is 5.97 Å². The van der Waals surface area contributed by atoms with Gasteiger partial charge in [0.1, 0.15) is 16.9 Å². The van der Waals surface area contributed by atoms with Crippen molar-refractivity contribution in [3.63, 3.8) is 0 Å². The summed E-state index contributed by atoms with van der Waals surface area (Å²) in [6, 6.07) is 17.3. The van der Waals surface area contributed by atoms with Gasteiger partial charge in [-0.3, -0.25) is 0 Å². The van der Waals surface area contributed by atoms with Gasteiger partial charge in [0.15, 0.2) is 0 Å². The van der Waals surface area contributed by atoms with Crippen molar-refractivity contribution in [2.24, 2.45) is 0 Å². The second-order valence-electron chi connectivity index (χ2n) is 5.93. The Hall–Kier alpha value is -2.33. The van der Waals surface area contributed by atoms with Crippen LogP contribution >= 0.6 is 0 Å². The molecule has 0 amide bonds. The molecule has 0 radical (unpaired) electrons. The molecule has 0 atom stereocenters. The number of rotatable bonds is 5. The Kier molecular flexibility index (Phi) is 5.16. The van der Waals surface area contributed by atoms with Crippen molar-refractivity contribution < 1.29 is 14.3 Å². The fourth-order valence-electron chi connectivity index (χ4n) is 3.17. The number of para-hydroxylation sites is 1. The van der Waals surface area contributed by atoms with Gasteiger partial charge in [0.2, 0.25) is 0 Å². The van der Waals surface area contributed by atoms with Crippen LogP contribution in [0.25, 0.3) is 0 Å². The maximum Gasteiger partial charge on any atom is 0.342 e. The van der Waals surface area contributed by atoms with Crippen LogP contribution in [-0.2, 0) is 10.3 Å². The molecule has 1 heterocycles. The molecule has 0 aromatic heterocycles. The Morgan fingerprint density at radius 1 is 1.04 bits per heavy atom. The molecule has 126 valence electrons. The van der Waals surface area contributed by atoms with Gasteiger partial charge in [0.25, 0.3) is 0 Å². The molecule has 0 aliphatic carbocycles. The van der Waals surface area contributed by atoms with Crippen LogP contribution in [0.4, 0.5) is 0 Å². The van der Waals surface area contributed by atoms with Crippen LogP contribution in [-0.4, -0.2) is 25.7 Å². The molecule has 24 heavy (non-hydrogen) atoms. The number of piperidine rings is 1. The van der Waals surface area contributed by atoms with Gasteiger partial charge >= 0.3 is 5.97 Å². The van der Waals surface area contributed by atoms with Gasteiger partial charge in [-0.1, -0.05) is 42.5 Å². The van der Waals surface area contributed by atoms with Crippen LogP contribution in [0.1, 0.15) is 35.7 Å². The lowest BCUT2D eigenvalue weighted by Gasteiger charge is -2.37. The first-order chi connectivity index (χ1) is 11.7. The van der Waals surface area contributed by atoms with E-state index in [2.05, 4.69) is 5.32 Å². The summed E-state index contributed by atoms with van der Waals surface area (Å²) in [4.78, 5) is 12.9. The number of carbonyl (C=O) groups is 1. The van der Waals surface area contributed by atoms with Crippen molar-refractivity contribution in [2.45, 2.75) is 25.4 Å². The predicted molar refractivity (Wildman–Crippen MR) is 93.3 cm³/mol. The monoisotopic (exact) mass is 325 g/mol. The van der Waals surface area contributed by atoms with E-state index in [4.69, 9.17) is 9.47 Å². The first kappa shape index (κ1) is 16.5. The van der Waals surface area contributed by atoms with Gasteiger partial charge in [-0.2, -0.15) is 0 Å². The van der Waals surface area contributed by atoms with Crippen molar-refractivity contribution in [1.29, 1.82) is 0 Å². The van der Waals surface area contributed by atoms with E-state index in [0.29, 0.717) is 17.9 Å². The molecule has 2 aromatic rings. The van der Waals surface area contributed by atoms with Gasteiger partial charge < -0.3 is 14.8 Å². The minimum atomic E-state index is -0.580. The Bertz CT molecular complexity index is 678. The summed E-state index contributed by atoms with van der Waals surface area (Å²) >= 11 is 0. The third-order valence-corrected chi connectivity index (χ3v) is 4.41. The van der Waals surface area contributed by atoms with Crippen LogP contribution in [0.2, 0.25) is 0 Å². The lowest BCUT2D eigenvalue weighted by atomic mass is 9.84. The standard InChI is InChI=1S/C20H23NO3/c1-2-23-18-11-7-6-10-17(18)19(22)24-20(12-14-21-15-13-20)16-8-4-3-5-9-16/h3-11,21H,2,12-15H2,1H3. The molecule has 4 nitrogen and oxygen atoms in total. The SMILES string of the molecule is CCOc1ccccc1C(=O)OC1(c2ccccc2)CCNCC1. The molecule has 0 saturated carbocycles. The fourth-order valence-corrected chi connectivity index (χ4v) is 3.17. The zero-order valence-corrected chi connectivity index (χ0v) is 14.0. The third kappa shape index (κ3) is 3.44. The predicted octanol–water partition coefficient (Wildman–Crippen LogP) is 3.52. The lowest BCUT2D eigenvalue weighted by Crippen LogP contribution is -2.43. The highest BCUT2D eigenvalue weighted by atomic mass is 16.6. The number of benzene rings is 2. The number of hydrogen-bond acceptors (Lipinski definition) is 4. The Labute approximate surface area is 142 Å². The van der Waals surface area contributed by atoms with Crippen molar-refractivity contribution in [3.05, 3.63) is 65.7 Å². The summed E-state index contributed by atoms with van der Waals surface area (Å²) in [6.45, 7) is 4.07. The zero-order valence-electron chi connectivity index (χ0n) is 14.0. The summed E-state index contributed by atoms with van der Waals surface area (Å²) in [6.07, 6.45) is 1.53. The minimum Gasteiger partial charge on any atom is -0.493 e. The summed E-state index contributed by atoms with van der Waals surface area (Å²) in [5.41, 5.74) is 0.949. The van der Waals surface area contributed by atoms with E-state index >= 15 is 0 Å². The topological polar surface area (TPSA) is 47.6 Å². The average molecular weight is 325 g/mol. The molecule has 1 fully saturated rings. The Morgan fingerprint density at radius 3 is 2.42 bits per heavy atom. The lowest BCUT2D eigenvalue weighted by molar-refractivity contribution is -0.0380. The van der Waals surface area contributed by atoms with Gasteiger partial charge in [0, 0.05) is 12.8 Å². The summed E-state index contributed by atoms with van der Waals surface area (Å²) in [5, 5.41) is 3.34. The molecule has 0 bridgehead atoms. The third-order valence-electron chi connectivity index (χ3n) is 4.41.